The van der Waals surface area contributed by atoms with Crippen LogP contribution in [0.4, 0.5) is 0 Å². The second-order valence-electron chi connectivity index (χ2n) is 3.56. The molecule has 1 aromatic rings. The van der Waals surface area contributed by atoms with E-state index >= 15 is 0 Å². The third-order valence-corrected chi connectivity index (χ3v) is 3.80. The smallest absolute Gasteiger partial charge is 0.0417 e. The summed E-state index contributed by atoms with van der Waals surface area (Å²) in [5.41, 5.74) is 0. The fourth-order valence-electron chi connectivity index (χ4n) is 1.65. The van der Waals surface area contributed by atoms with E-state index in [1.807, 2.05) is 30.0 Å². The number of halogens is 1. The Hall–Kier alpha value is -0.180. The van der Waals surface area contributed by atoms with Crippen LogP contribution in [0.5, 0.6) is 0 Å². The lowest BCUT2D eigenvalue weighted by Gasteiger charge is -2.09. The SMILES string of the molecule is Clc1cccc(SCC2CCCN2)c1. The molecule has 1 aliphatic heterocycles. The third-order valence-electron chi connectivity index (χ3n) is 2.41. The van der Waals surface area contributed by atoms with E-state index in [-0.39, 0.29) is 0 Å². The minimum Gasteiger partial charge on any atom is -0.313 e. The Morgan fingerprint density at radius 2 is 2.43 bits per heavy atom. The maximum Gasteiger partial charge on any atom is 0.0417 e. The van der Waals surface area contributed by atoms with Crippen LogP contribution in [-0.2, 0) is 0 Å². The van der Waals surface area contributed by atoms with Crippen molar-refractivity contribution in [2.45, 2.75) is 23.8 Å². The zero-order valence-electron chi connectivity index (χ0n) is 8.00. The summed E-state index contributed by atoms with van der Waals surface area (Å²) in [7, 11) is 0. The summed E-state index contributed by atoms with van der Waals surface area (Å²) in [6, 6.07) is 8.76. The highest BCUT2D eigenvalue weighted by molar-refractivity contribution is 7.99. The Morgan fingerprint density at radius 3 is 3.14 bits per heavy atom. The molecule has 0 bridgehead atoms. The largest absolute Gasteiger partial charge is 0.313 e. The maximum absolute atomic E-state index is 5.91. The van der Waals surface area contributed by atoms with Gasteiger partial charge in [-0.3, -0.25) is 0 Å². The molecular formula is C11H14ClNS. The standard InChI is InChI=1S/C11H14ClNS/c12-9-3-1-5-11(7-9)14-8-10-4-2-6-13-10/h1,3,5,7,10,13H,2,4,6,8H2. The fraction of sp³-hybridized carbons (Fsp3) is 0.455. The molecule has 1 atom stereocenters. The van der Waals surface area contributed by atoms with E-state index in [1.54, 1.807) is 0 Å². The number of hydrogen-bond donors (Lipinski definition) is 1. The van der Waals surface area contributed by atoms with Crippen LogP contribution >= 0.6 is 23.4 Å². The van der Waals surface area contributed by atoms with Crippen molar-refractivity contribution < 1.29 is 0 Å². The van der Waals surface area contributed by atoms with Gasteiger partial charge in [-0.1, -0.05) is 17.7 Å². The van der Waals surface area contributed by atoms with Crippen molar-refractivity contribution in [3.05, 3.63) is 29.3 Å². The van der Waals surface area contributed by atoms with Crippen molar-refractivity contribution in [3.63, 3.8) is 0 Å². The molecule has 0 aromatic heterocycles. The first-order valence-corrected chi connectivity index (χ1v) is 6.33. The van der Waals surface area contributed by atoms with Crippen molar-refractivity contribution in [1.82, 2.24) is 5.32 Å². The van der Waals surface area contributed by atoms with Gasteiger partial charge in [-0.2, -0.15) is 0 Å². The number of benzene rings is 1. The van der Waals surface area contributed by atoms with Gasteiger partial charge >= 0.3 is 0 Å². The second kappa shape index (κ2) is 5.06. The van der Waals surface area contributed by atoms with Crippen LogP contribution in [0.25, 0.3) is 0 Å². The highest BCUT2D eigenvalue weighted by Crippen LogP contribution is 2.23. The Bertz CT molecular complexity index is 297. The van der Waals surface area contributed by atoms with E-state index in [2.05, 4.69) is 11.4 Å². The van der Waals surface area contributed by atoms with Gasteiger partial charge in [0.25, 0.3) is 0 Å². The van der Waals surface area contributed by atoms with Gasteiger partial charge in [0.15, 0.2) is 0 Å². The van der Waals surface area contributed by atoms with E-state index < -0.39 is 0 Å². The van der Waals surface area contributed by atoms with Gasteiger partial charge in [0.2, 0.25) is 0 Å². The van der Waals surface area contributed by atoms with Gasteiger partial charge in [-0.15, -0.1) is 11.8 Å². The molecule has 0 saturated carbocycles. The average molecular weight is 228 g/mol. The quantitative estimate of drug-likeness (QED) is 0.797. The normalized spacial score (nSPS) is 21.4. The summed E-state index contributed by atoms with van der Waals surface area (Å²) < 4.78 is 0. The first kappa shape index (κ1) is 10.3. The topological polar surface area (TPSA) is 12.0 Å². The van der Waals surface area contributed by atoms with Gasteiger partial charge in [0.05, 0.1) is 0 Å². The molecular weight excluding hydrogens is 214 g/mol. The Morgan fingerprint density at radius 1 is 1.50 bits per heavy atom. The van der Waals surface area contributed by atoms with Crippen molar-refractivity contribution in [3.8, 4) is 0 Å². The van der Waals surface area contributed by atoms with E-state index in [1.165, 1.54) is 24.3 Å². The second-order valence-corrected chi connectivity index (χ2v) is 5.09. The van der Waals surface area contributed by atoms with Gasteiger partial charge in [-0.05, 0) is 37.6 Å². The summed E-state index contributed by atoms with van der Waals surface area (Å²) in [5.74, 6) is 1.15. The Balaban J connectivity index is 1.85. The van der Waals surface area contributed by atoms with Gasteiger partial charge in [0, 0.05) is 21.7 Å². The molecule has 1 nitrogen and oxygen atoms in total. The zero-order chi connectivity index (χ0) is 9.80. The molecule has 1 heterocycles. The third kappa shape index (κ3) is 2.91. The molecule has 1 N–H and O–H groups in total. The van der Waals surface area contributed by atoms with Crippen LogP contribution < -0.4 is 5.32 Å². The Kier molecular flexibility index (Phi) is 3.74. The lowest BCUT2D eigenvalue weighted by atomic mass is 10.3. The number of nitrogens with one attached hydrogen (secondary N) is 1. The molecule has 3 heteroatoms. The predicted octanol–water partition coefficient (Wildman–Crippen LogP) is 3.18. The zero-order valence-corrected chi connectivity index (χ0v) is 9.57. The first-order valence-electron chi connectivity index (χ1n) is 4.96. The summed E-state index contributed by atoms with van der Waals surface area (Å²) in [6.45, 7) is 1.18. The summed E-state index contributed by atoms with van der Waals surface area (Å²) in [6.07, 6.45) is 2.63. The van der Waals surface area contributed by atoms with E-state index in [4.69, 9.17) is 11.6 Å². The molecule has 14 heavy (non-hydrogen) atoms. The lowest BCUT2D eigenvalue weighted by molar-refractivity contribution is 0.674. The number of thioether (sulfide) groups is 1. The molecule has 76 valence electrons. The van der Waals surface area contributed by atoms with Crippen molar-refractivity contribution in [2.75, 3.05) is 12.3 Å². The molecule has 1 saturated heterocycles. The van der Waals surface area contributed by atoms with Gasteiger partial charge < -0.3 is 5.32 Å². The van der Waals surface area contributed by atoms with Crippen LogP contribution in [0.3, 0.4) is 0 Å². The molecule has 1 unspecified atom stereocenters. The van der Waals surface area contributed by atoms with Crippen LogP contribution in [0.2, 0.25) is 5.02 Å². The highest BCUT2D eigenvalue weighted by atomic mass is 35.5. The molecule has 0 amide bonds. The van der Waals surface area contributed by atoms with Gasteiger partial charge in [0.1, 0.15) is 0 Å². The summed E-state index contributed by atoms with van der Waals surface area (Å²) in [5, 5.41) is 4.32. The maximum atomic E-state index is 5.91. The van der Waals surface area contributed by atoms with E-state index in [9.17, 15) is 0 Å². The van der Waals surface area contributed by atoms with Crippen LogP contribution in [-0.4, -0.2) is 18.3 Å². The fourth-order valence-corrected chi connectivity index (χ4v) is 2.97. The molecule has 2 rings (SSSR count). The molecule has 0 radical (unpaired) electrons. The lowest BCUT2D eigenvalue weighted by Crippen LogP contribution is -2.23. The van der Waals surface area contributed by atoms with Crippen molar-refractivity contribution >= 4 is 23.4 Å². The molecule has 1 fully saturated rings. The van der Waals surface area contributed by atoms with Crippen molar-refractivity contribution in [1.29, 1.82) is 0 Å². The molecule has 1 aliphatic rings. The van der Waals surface area contributed by atoms with Crippen LogP contribution in [0, 0.1) is 0 Å². The minimum absolute atomic E-state index is 0.694. The molecule has 0 spiro atoms. The highest BCUT2D eigenvalue weighted by Gasteiger charge is 2.13. The van der Waals surface area contributed by atoms with Crippen LogP contribution in [0.1, 0.15) is 12.8 Å². The first-order chi connectivity index (χ1) is 6.84. The monoisotopic (exact) mass is 227 g/mol. The minimum atomic E-state index is 0.694. The molecule has 0 aliphatic carbocycles. The van der Waals surface area contributed by atoms with E-state index in [0.717, 1.165) is 10.8 Å². The summed E-state index contributed by atoms with van der Waals surface area (Å²) >= 11 is 7.80. The van der Waals surface area contributed by atoms with Crippen molar-refractivity contribution in [2.24, 2.45) is 0 Å². The van der Waals surface area contributed by atoms with Gasteiger partial charge in [-0.25, -0.2) is 0 Å². The summed E-state index contributed by atoms with van der Waals surface area (Å²) in [4.78, 5) is 1.27. The Labute approximate surface area is 94.2 Å². The number of hydrogen-bond acceptors (Lipinski definition) is 2. The number of rotatable bonds is 3. The van der Waals surface area contributed by atoms with Crippen LogP contribution in [0.15, 0.2) is 29.2 Å². The van der Waals surface area contributed by atoms with E-state index in [0.29, 0.717) is 6.04 Å². The predicted molar refractivity (Wildman–Crippen MR) is 63.2 cm³/mol. The average Bonchev–Trinajstić information content (AvgIpc) is 2.67. The molecule has 1 aromatic carbocycles.